The van der Waals surface area contributed by atoms with E-state index >= 15 is 0 Å². The summed E-state index contributed by atoms with van der Waals surface area (Å²) in [7, 11) is 3.26. The SMILES string of the molecule is COc1ccc(C2Oc3c(Br)cc(Br)cc3C3CC(c4ccc(Br)cc4)=NN32)cc1OC. The quantitative estimate of drug-likeness (QED) is 0.308. The summed E-state index contributed by atoms with van der Waals surface area (Å²) in [6.45, 7) is 0. The van der Waals surface area contributed by atoms with Crippen molar-refractivity contribution in [2.75, 3.05) is 14.2 Å². The Labute approximate surface area is 211 Å². The predicted molar refractivity (Wildman–Crippen MR) is 135 cm³/mol. The average Bonchev–Trinajstić information content (AvgIpc) is 3.24. The maximum absolute atomic E-state index is 6.54. The number of fused-ring (bicyclic) bond motifs is 3. The van der Waals surface area contributed by atoms with E-state index in [0.717, 1.165) is 48.0 Å². The Morgan fingerprint density at radius 2 is 1.66 bits per heavy atom. The molecule has 2 atom stereocenters. The monoisotopic (exact) mass is 620 g/mol. The zero-order chi connectivity index (χ0) is 22.4. The van der Waals surface area contributed by atoms with Gasteiger partial charge in [-0.05, 0) is 64.0 Å². The lowest BCUT2D eigenvalue weighted by molar-refractivity contribution is -0.0198. The molecule has 0 spiro atoms. The summed E-state index contributed by atoms with van der Waals surface area (Å²) >= 11 is 10.8. The zero-order valence-corrected chi connectivity index (χ0v) is 22.1. The maximum atomic E-state index is 6.54. The predicted octanol–water partition coefficient (Wildman–Crippen LogP) is 7.23. The van der Waals surface area contributed by atoms with Crippen molar-refractivity contribution in [3.05, 3.63) is 84.7 Å². The molecule has 0 saturated carbocycles. The molecule has 5 rings (SSSR count). The molecule has 2 heterocycles. The van der Waals surface area contributed by atoms with Gasteiger partial charge in [0.2, 0.25) is 6.23 Å². The summed E-state index contributed by atoms with van der Waals surface area (Å²) in [4.78, 5) is 0. The fourth-order valence-corrected chi connectivity index (χ4v) is 5.77. The average molecular weight is 623 g/mol. The lowest BCUT2D eigenvalue weighted by atomic mass is 9.96. The molecule has 2 aliphatic heterocycles. The molecule has 0 amide bonds. The molecule has 0 N–H and O–H groups in total. The molecule has 164 valence electrons. The molecular formula is C24H19Br3N2O3. The van der Waals surface area contributed by atoms with Gasteiger partial charge in [0.15, 0.2) is 11.5 Å². The van der Waals surface area contributed by atoms with Gasteiger partial charge in [-0.2, -0.15) is 5.10 Å². The zero-order valence-electron chi connectivity index (χ0n) is 17.3. The molecule has 8 heteroatoms. The van der Waals surface area contributed by atoms with Gasteiger partial charge in [0.05, 0.1) is 30.4 Å². The normalized spacial score (nSPS) is 19.0. The molecule has 32 heavy (non-hydrogen) atoms. The minimum absolute atomic E-state index is 0.0456. The fourth-order valence-electron chi connectivity index (χ4n) is 4.16. The number of methoxy groups -OCH3 is 2. The number of hydrazone groups is 1. The molecular weight excluding hydrogens is 604 g/mol. The van der Waals surface area contributed by atoms with Gasteiger partial charge in [-0.1, -0.05) is 44.0 Å². The molecule has 3 aromatic rings. The van der Waals surface area contributed by atoms with Crippen LogP contribution in [-0.4, -0.2) is 24.9 Å². The summed E-state index contributed by atoms with van der Waals surface area (Å²) in [6.07, 6.45) is 0.378. The number of nitrogens with zero attached hydrogens (tertiary/aromatic N) is 2. The highest BCUT2D eigenvalue weighted by molar-refractivity contribution is 9.11. The minimum atomic E-state index is -0.405. The Morgan fingerprint density at radius 3 is 2.38 bits per heavy atom. The van der Waals surface area contributed by atoms with Crippen LogP contribution in [0.5, 0.6) is 17.2 Å². The Kier molecular flexibility index (Phi) is 5.94. The van der Waals surface area contributed by atoms with Gasteiger partial charge in [0.25, 0.3) is 0 Å². The van der Waals surface area contributed by atoms with Crippen LogP contribution in [0.4, 0.5) is 0 Å². The highest BCUT2D eigenvalue weighted by Crippen LogP contribution is 2.51. The fraction of sp³-hybridized carbons (Fsp3) is 0.208. The van der Waals surface area contributed by atoms with E-state index < -0.39 is 6.23 Å². The molecule has 0 saturated heterocycles. The van der Waals surface area contributed by atoms with E-state index in [2.05, 4.69) is 71.0 Å². The first kappa shape index (κ1) is 21.8. The largest absolute Gasteiger partial charge is 0.493 e. The van der Waals surface area contributed by atoms with Crippen LogP contribution in [0.15, 0.2) is 73.1 Å². The van der Waals surface area contributed by atoms with Crippen LogP contribution in [-0.2, 0) is 0 Å². The molecule has 0 bridgehead atoms. The van der Waals surface area contributed by atoms with Crippen LogP contribution in [0, 0.1) is 0 Å². The van der Waals surface area contributed by atoms with E-state index in [1.807, 2.05) is 36.4 Å². The van der Waals surface area contributed by atoms with Crippen LogP contribution in [0.25, 0.3) is 0 Å². The van der Waals surface area contributed by atoms with E-state index in [1.54, 1.807) is 14.2 Å². The van der Waals surface area contributed by atoms with Crippen LogP contribution in [0.1, 0.15) is 35.4 Å². The topological polar surface area (TPSA) is 43.3 Å². The third kappa shape index (κ3) is 3.82. The van der Waals surface area contributed by atoms with E-state index in [1.165, 1.54) is 0 Å². The molecule has 0 fully saturated rings. The summed E-state index contributed by atoms with van der Waals surface area (Å²) in [5.41, 5.74) is 4.16. The second-order valence-electron chi connectivity index (χ2n) is 7.54. The van der Waals surface area contributed by atoms with Crippen molar-refractivity contribution in [1.29, 1.82) is 0 Å². The van der Waals surface area contributed by atoms with E-state index in [9.17, 15) is 0 Å². The Morgan fingerprint density at radius 1 is 0.906 bits per heavy atom. The Hall–Kier alpha value is -2.03. The molecule has 5 nitrogen and oxygen atoms in total. The van der Waals surface area contributed by atoms with Crippen molar-refractivity contribution in [2.24, 2.45) is 5.10 Å². The lowest BCUT2D eigenvalue weighted by Crippen LogP contribution is -2.34. The van der Waals surface area contributed by atoms with Gasteiger partial charge in [0.1, 0.15) is 5.75 Å². The van der Waals surface area contributed by atoms with Crippen LogP contribution >= 0.6 is 47.8 Å². The van der Waals surface area contributed by atoms with Crippen molar-refractivity contribution >= 4 is 53.5 Å². The van der Waals surface area contributed by atoms with E-state index in [0.29, 0.717) is 11.5 Å². The maximum Gasteiger partial charge on any atom is 0.214 e. The number of ether oxygens (including phenoxy) is 3. The Bertz CT molecular complexity index is 1210. The summed E-state index contributed by atoms with van der Waals surface area (Å²) in [6, 6.07) is 18.3. The third-order valence-corrected chi connectivity index (χ3v) is 7.25. The van der Waals surface area contributed by atoms with E-state index in [4.69, 9.17) is 19.3 Å². The summed E-state index contributed by atoms with van der Waals surface area (Å²) < 4.78 is 20.4. The highest BCUT2D eigenvalue weighted by Gasteiger charge is 2.42. The standard InChI is InChI=1S/C24H19Br3N2O3/c1-30-21-8-5-14(9-22(21)31-2)24-29-20(17-10-16(26)11-18(27)23(17)32-24)12-19(28-29)13-3-6-15(25)7-4-13/h3-11,20,24H,12H2,1-2H3. The molecule has 3 aromatic carbocycles. The summed E-state index contributed by atoms with van der Waals surface area (Å²) in [5.74, 6) is 2.17. The Balaban J connectivity index is 1.62. The molecule has 0 radical (unpaired) electrons. The number of halogens is 3. The third-order valence-electron chi connectivity index (χ3n) is 5.68. The second-order valence-corrected chi connectivity index (χ2v) is 10.2. The van der Waals surface area contributed by atoms with Gasteiger partial charge in [-0.25, -0.2) is 5.01 Å². The number of benzene rings is 3. The van der Waals surface area contributed by atoms with Gasteiger partial charge in [-0.15, -0.1) is 0 Å². The molecule has 2 unspecified atom stereocenters. The van der Waals surface area contributed by atoms with Gasteiger partial charge in [-0.3, -0.25) is 0 Å². The van der Waals surface area contributed by atoms with E-state index in [-0.39, 0.29) is 6.04 Å². The van der Waals surface area contributed by atoms with Crippen molar-refractivity contribution in [3.63, 3.8) is 0 Å². The van der Waals surface area contributed by atoms with Gasteiger partial charge in [0, 0.05) is 26.5 Å². The van der Waals surface area contributed by atoms with Crippen molar-refractivity contribution in [1.82, 2.24) is 5.01 Å². The first-order valence-corrected chi connectivity index (χ1v) is 12.4. The van der Waals surface area contributed by atoms with Gasteiger partial charge < -0.3 is 14.2 Å². The van der Waals surface area contributed by atoms with Crippen LogP contribution in [0.2, 0.25) is 0 Å². The van der Waals surface area contributed by atoms with Crippen molar-refractivity contribution in [2.45, 2.75) is 18.7 Å². The number of hydrogen-bond donors (Lipinski definition) is 0. The smallest absolute Gasteiger partial charge is 0.214 e. The van der Waals surface area contributed by atoms with Crippen molar-refractivity contribution < 1.29 is 14.2 Å². The highest BCUT2D eigenvalue weighted by atomic mass is 79.9. The lowest BCUT2D eigenvalue weighted by Gasteiger charge is -2.38. The van der Waals surface area contributed by atoms with Crippen LogP contribution in [0.3, 0.4) is 0 Å². The molecule has 0 aliphatic carbocycles. The van der Waals surface area contributed by atoms with Gasteiger partial charge >= 0.3 is 0 Å². The summed E-state index contributed by atoms with van der Waals surface area (Å²) in [5, 5.41) is 7.09. The molecule has 0 aromatic heterocycles. The number of rotatable bonds is 4. The minimum Gasteiger partial charge on any atom is -0.493 e. The first-order chi connectivity index (χ1) is 15.5. The van der Waals surface area contributed by atoms with Crippen LogP contribution < -0.4 is 14.2 Å². The first-order valence-electron chi connectivity index (χ1n) is 9.97. The number of hydrogen-bond acceptors (Lipinski definition) is 5. The second kappa shape index (κ2) is 8.72. The van der Waals surface area contributed by atoms with Crippen molar-refractivity contribution in [3.8, 4) is 17.2 Å². The molecule has 2 aliphatic rings.